The number of benzene rings is 1. The molecule has 0 aliphatic rings. The number of urea groups is 1. The molecule has 0 fully saturated rings. The Hall–Kier alpha value is -2.48. The van der Waals surface area contributed by atoms with Crippen molar-refractivity contribution in [1.29, 1.82) is 0 Å². The fraction of sp³-hybridized carbons (Fsp3) is 0.231. The quantitative estimate of drug-likeness (QED) is 0.691. The van der Waals surface area contributed by atoms with Crippen molar-refractivity contribution in [2.75, 3.05) is 6.54 Å². The van der Waals surface area contributed by atoms with Crippen LogP contribution in [0.4, 0.5) is 4.79 Å². The number of terminal acetylenes is 1. The average Bonchev–Trinajstić information content (AvgIpc) is 2.37. The van der Waals surface area contributed by atoms with Crippen molar-refractivity contribution in [1.82, 2.24) is 10.6 Å². The lowest BCUT2D eigenvalue weighted by molar-refractivity contribution is -0.144. The van der Waals surface area contributed by atoms with E-state index < -0.39 is 17.5 Å². The second-order valence-corrected chi connectivity index (χ2v) is 3.81. The van der Waals surface area contributed by atoms with E-state index in [4.69, 9.17) is 6.42 Å². The van der Waals surface area contributed by atoms with Crippen LogP contribution in [0.1, 0.15) is 12.5 Å². The van der Waals surface area contributed by atoms with Gasteiger partial charge in [-0.15, -0.1) is 6.42 Å². The van der Waals surface area contributed by atoms with E-state index in [1.165, 1.54) is 6.92 Å². The lowest BCUT2D eigenvalue weighted by atomic mass is 9.92. The van der Waals surface area contributed by atoms with E-state index in [0.29, 0.717) is 5.56 Å². The molecule has 0 radical (unpaired) electrons. The molecule has 0 heterocycles. The molecular weight excluding hydrogens is 232 g/mol. The number of carbonyl (C=O) groups is 2. The van der Waals surface area contributed by atoms with Crippen LogP contribution in [0.3, 0.4) is 0 Å². The van der Waals surface area contributed by atoms with Gasteiger partial charge in [0.05, 0.1) is 6.54 Å². The van der Waals surface area contributed by atoms with Crippen LogP contribution in [0.2, 0.25) is 0 Å². The van der Waals surface area contributed by atoms with E-state index in [0.717, 1.165) is 0 Å². The maximum absolute atomic E-state index is 11.5. The third kappa shape index (κ3) is 3.01. The van der Waals surface area contributed by atoms with E-state index in [2.05, 4.69) is 16.6 Å². The topological polar surface area (TPSA) is 78.4 Å². The summed E-state index contributed by atoms with van der Waals surface area (Å²) in [6, 6.07) is 7.83. The minimum atomic E-state index is -1.50. The fourth-order valence-electron chi connectivity index (χ4n) is 1.42. The number of carbonyl (C=O) groups excluding carboxylic acids is 1. The number of aliphatic carboxylic acids is 1. The van der Waals surface area contributed by atoms with E-state index in [1.54, 1.807) is 30.3 Å². The predicted octanol–water partition coefficient (Wildman–Crippen LogP) is 0.919. The Labute approximate surface area is 105 Å². The second kappa shape index (κ2) is 5.73. The molecule has 0 aromatic heterocycles. The highest BCUT2D eigenvalue weighted by Crippen LogP contribution is 2.20. The van der Waals surface area contributed by atoms with Crippen LogP contribution < -0.4 is 10.6 Å². The van der Waals surface area contributed by atoms with Crippen molar-refractivity contribution in [3.8, 4) is 12.3 Å². The van der Waals surface area contributed by atoms with Gasteiger partial charge in [-0.2, -0.15) is 0 Å². The summed E-state index contributed by atoms with van der Waals surface area (Å²) in [4.78, 5) is 22.9. The predicted molar refractivity (Wildman–Crippen MR) is 66.8 cm³/mol. The largest absolute Gasteiger partial charge is 0.479 e. The summed E-state index contributed by atoms with van der Waals surface area (Å²) in [6.07, 6.45) is 5.00. The smallest absolute Gasteiger partial charge is 0.333 e. The van der Waals surface area contributed by atoms with E-state index >= 15 is 0 Å². The van der Waals surface area contributed by atoms with Crippen LogP contribution in [0.25, 0.3) is 0 Å². The Bertz CT molecular complexity index is 479. The Kier molecular flexibility index (Phi) is 4.33. The summed E-state index contributed by atoms with van der Waals surface area (Å²) in [7, 11) is 0. The third-order valence-electron chi connectivity index (χ3n) is 2.49. The molecule has 5 heteroatoms. The minimum absolute atomic E-state index is 0.0380. The molecule has 3 N–H and O–H groups in total. The molecule has 1 aromatic carbocycles. The lowest BCUT2D eigenvalue weighted by Crippen LogP contribution is -2.52. The summed E-state index contributed by atoms with van der Waals surface area (Å²) >= 11 is 0. The number of hydrogen-bond donors (Lipinski definition) is 3. The number of hydrogen-bond acceptors (Lipinski definition) is 2. The summed E-state index contributed by atoms with van der Waals surface area (Å²) in [5.74, 6) is 1.09. The maximum atomic E-state index is 11.5. The Morgan fingerprint density at radius 3 is 2.50 bits per heavy atom. The SMILES string of the molecule is C#CCNC(=O)NC(C)(C(=O)O)c1ccccc1. The molecule has 1 unspecified atom stereocenters. The van der Waals surface area contributed by atoms with Gasteiger partial charge < -0.3 is 15.7 Å². The zero-order valence-electron chi connectivity index (χ0n) is 9.93. The zero-order chi connectivity index (χ0) is 13.6. The first-order valence-electron chi connectivity index (χ1n) is 5.29. The Morgan fingerprint density at radius 2 is 2.00 bits per heavy atom. The lowest BCUT2D eigenvalue weighted by Gasteiger charge is -2.26. The van der Waals surface area contributed by atoms with Crippen LogP contribution in [-0.4, -0.2) is 23.7 Å². The molecule has 0 saturated heterocycles. The average molecular weight is 246 g/mol. The number of nitrogens with one attached hydrogen (secondary N) is 2. The van der Waals surface area contributed by atoms with Gasteiger partial charge in [0.2, 0.25) is 0 Å². The van der Waals surface area contributed by atoms with Crippen LogP contribution in [0.5, 0.6) is 0 Å². The van der Waals surface area contributed by atoms with Gasteiger partial charge in [-0.1, -0.05) is 36.3 Å². The highest BCUT2D eigenvalue weighted by molar-refractivity contribution is 5.87. The van der Waals surface area contributed by atoms with Crippen LogP contribution in [0.15, 0.2) is 30.3 Å². The molecule has 0 aliphatic carbocycles. The molecular formula is C13H14N2O3. The highest BCUT2D eigenvalue weighted by Gasteiger charge is 2.36. The van der Waals surface area contributed by atoms with Gasteiger partial charge >= 0.3 is 12.0 Å². The summed E-state index contributed by atoms with van der Waals surface area (Å²) < 4.78 is 0. The van der Waals surface area contributed by atoms with E-state index in [-0.39, 0.29) is 6.54 Å². The van der Waals surface area contributed by atoms with Gasteiger partial charge in [-0.25, -0.2) is 9.59 Å². The van der Waals surface area contributed by atoms with E-state index in [1.807, 2.05) is 0 Å². The molecule has 0 aliphatic heterocycles. The van der Waals surface area contributed by atoms with Crippen LogP contribution in [-0.2, 0) is 10.3 Å². The number of amides is 2. The van der Waals surface area contributed by atoms with Gasteiger partial charge in [0.15, 0.2) is 5.54 Å². The molecule has 18 heavy (non-hydrogen) atoms. The van der Waals surface area contributed by atoms with Gasteiger partial charge in [0.25, 0.3) is 0 Å². The number of rotatable bonds is 4. The minimum Gasteiger partial charge on any atom is -0.479 e. The van der Waals surface area contributed by atoms with Crippen LogP contribution >= 0.6 is 0 Å². The second-order valence-electron chi connectivity index (χ2n) is 3.81. The molecule has 0 bridgehead atoms. The van der Waals surface area contributed by atoms with Crippen molar-refractivity contribution < 1.29 is 14.7 Å². The van der Waals surface area contributed by atoms with Gasteiger partial charge in [0.1, 0.15) is 0 Å². The Morgan fingerprint density at radius 1 is 1.39 bits per heavy atom. The van der Waals surface area contributed by atoms with Crippen LogP contribution in [0, 0.1) is 12.3 Å². The Balaban J connectivity index is 2.93. The van der Waals surface area contributed by atoms with Gasteiger partial charge in [-0.05, 0) is 12.5 Å². The van der Waals surface area contributed by atoms with Crippen molar-refractivity contribution in [3.63, 3.8) is 0 Å². The zero-order valence-corrected chi connectivity index (χ0v) is 9.93. The highest BCUT2D eigenvalue weighted by atomic mass is 16.4. The molecule has 1 atom stereocenters. The third-order valence-corrected chi connectivity index (χ3v) is 2.49. The fourth-order valence-corrected chi connectivity index (χ4v) is 1.42. The van der Waals surface area contributed by atoms with Gasteiger partial charge in [-0.3, -0.25) is 0 Å². The first-order valence-corrected chi connectivity index (χ1v) is 5.29. The molecule has 5 nitrogen and oxygen atoms in total. The summed E-state index contributed by atoms with van der Waals surface area (Å²) in [6.45, 7) is 1.45. The van der Waals surface area contributed by atoms with E-state index in [9.17, 15) is 14.7 Å². The van der Waals surface area contributed by atoms with Gasteiger partial charge in [0, 0.05) is 0 Å². The van der Waals surface area contributed by atoms with Crippen molar-refractivity contribution in [2.45, 2.75) is 12.5 Å². The number of carboxylic acid groups (broad SMARTS) is 1. The molecule has 1 aromatic rings. The first kappa shape index (κ1) is 13.6. The normalized spacial score (nSPS) is 12.9. The standard InChI is InChI=1S/C13H14N2O3/c1-3-9-14-12(18)15-13(2,11(16)17)10-7-5-4-6-8-10/h1,4-8H,9H2,2H3,(H,16,17)(H2,14,15,18). The van der Waals surface area contributed by atoms with Crippen molar-refractivity contribution in [3.05, 3.63) is 35.9 Å². The first-order chi connectivity index (χ1) is 8.50. The van der Waals surface area contributed by atoms with Crippen molar-refractivity contribution in [2.24, 2.45) is 0 Å². The monoisotopic (exact) mass is 246 g/mol. The van der Waals surface area contributed by atoms with Crippen molar-refractivity contribution >= 4 is 12.0 Å². The maximum Gasteiger partial charge on any atom is 0.333 e. The summed E-state index contributed by atoms with van der Waals surface area (Å²) in [5, 5.41) is 14.0. The summed E-state index contributed by atoms with van der Waals surface area (Å²) in [5.41, 5.74) is -1.02. The number of carboxylic acids is 1. The molecule has 0 spiro atoms. The molecule has 1 rings (SSSR count). The molecule has 94 valence electrons. The molecule has 2 amide bonds. The molecule has 0 saturated carbocycles.